The lowest BCUT2D eigenvalue weighted by atomic mass is 10.2. The fourth-order valence-corrected chi connectivity index (χ4v) is 2.45. The number of hydrogen-bond acceptors (Lipinski definition) is 6. The molecular weight excluding hydrogens is 433 g/mol. The molecule has 0 heterocycles. The van der Waals surface area contributed by atoms with Crippen LogP contribution in [0.3, 0.4) is 0 Å². The Hall–Kier alpha value is -3.10. The van der Waals surface area contributed by atoms with Crippen molar-refractivity contribution in [2.45, 2.75) is 6.42 Å². The molecule has 0 unspecified atom stereocenters. The summed E-state index contributed by atoms with van der Waals surface area (Å²) >= 11 is 11.7. The predicted octanol–water partition coefficient (Wildman–Crippen LogP) is 2.82. The van der Waals surface area contributed by atoms with Crippen LogP contribution in [0, 0.1) is 0 Å². The van der Waals surface area contributed by atoms with Crippen molar-refractivity contribution in [3.05, 3.63) is 63.6 Å². The summed E-state index contributed by atoms with van der Waals surface area (Å²) in [6, 6.07) is 11.3. The van der Waals surface area contributed by atoms with Crippen molar-refractivity contribution in [1.29, 1.82) is 0 Å². The first-order valence-electron chi connectivity index (χ1n) is 8.74. The first-order chi connectivity index (χ1) is 14.4. The summed E-state index contributed by atoms with van der Waals surface area (Å²) in [6.45, 7) is -0.0843. The fraction of sp³-hybridized carbons (Fsp3) is 0.200. The Bertz CT molecular complexity index is 950. The average molecular weight is 452 g/mol. The standard InChI is InChI=1S/C20H19Cl2N3O5/c1-29-19(27)12-30-15-4-2-3-13(9-15)11-24-25-18(26)7-8-23-20(28)14-5-6-16(21)17(22)10-14/h2-6,9-11H,7-8,12H2,1H3,(H,23,28)(H,25,26). The number of amides is 2. The molecule has 2 rings (SSSR count). The Morgan fingerprint density at radius 3 is 2.63 bits per heavy atom. The van der Waals surface area contributed by atoms with E-state index in [0.717, 1.165) is 0 Å². The normalized spacial score (nSPS) is 10.5. The van der Waals surface area contributed by atoms with Crippen LogP contribution in [0.4, 0.5) is 0 Å². The van der Waals surface area contributed by atoms with Crippen molar-refractivity contribution in [3.63, 3.8) is 0 Å². The maximum atomic E-state index is 12.0. The maximum absolute atomic E-state index is 12.0. The van der Waals surface area contributed by atoms with Crippen molar-refractivity contribution in [3.8, 4) is 5.75 Å². The van der Waals surface area contributed by atoms with E-state index in [4.69, 9.17) is 27.9 Å². The van der Waals surface area contributed by atoms with Crippen LogP contribution in [0.5, 0.6) is 5.75 Å². The number of halogens is 2. The minimum absolute atomic E-state index is 0.0344. The van der Waals surface area contributed by atoms with Gasteiger partial charge in [-0.1, -0.05) is 35.3 Å². The Kier molecular flexibility index (Phi) is 9.11. The Labute approximate surface area is 183 Å². The molecule has 0 aromatic heterocycles. The van der Waals surface area contributed by atoms with Gasteiger partial charge in [-0.2, -0.15) is 5.10 Å². The number of carbonyl (C=O) groups excluding carboxylic acids is 3. The molecule has 2 amide bonds. The van der Waals surface area contributed by atoms with E-state index in [1.54, 1.807) is 24.3 Å². The number of nitrogens with zero attached hydrogens (tertiary/aromatic N) is 1. The van der Waals surface area contributed by atoms with Crippen LogP contribution in [0.2, 0.25) is 10.0 Å². The van der Waals surface area contributed by atoms with E-state index in [0.29, 0.717) is 21.9 Å². The summed E-state index contributed by atoms with van der Waals surface area (Å²) in [5.41, 5.74) is 3.37. The molecule has 2 N–H and O–H groups in total. The van der Waals surface area contributed by atoms with Gasteiger partial charge < -0.3 is 14.8 Å². The van der Waals surface area contributed by atoms with Crippen molar-refractivity contribution in [2.75, 3.05) is 20.3 Å². The number of esters is 1. The highest BCUT2D eigenvalue weighted by Gasteiger charge is 2.08. The highest BCUT2D eigenvalue weighted by atomic mass is 35.5. The third-order valence-electron chi connectivity index (χ3n) is 3.66. The van der Waals surface area contributed by atoms with E-state index in [9.17, 15) is 14.4 Å². The van der Waals surface area contributed by atoms with Crippen LogP contribution in [-0.4, -0.2) is 44.3 Å². The third-order valence-corrected chi connectivity index (χ3v) is 4.40. The van der Waals surface area contributed by atoms with Crippen LogP contribution in [0.15, 0.2) is 47.6 Å². The second kappa shape index (κ2) is 11.8. The summed E-state index contributed by atoms with van der Waals surface area (Å²) < 4.78 is 9.77. The van der Waals surface area contributed by atoms with Crippen molar-refractivity contribution < 1.29 is 23.9 Å². The molecule has 2 aromatic carbocycles. The molecule has 0 bridgehead atoms. The average Bonchev–Trinajstić information content (AvgIpc) is 2.74. The molecule has 0 radical (unpaired) electrons. The topological polar surface area (TPSA) is 106 Å². The summed E-state index contributed by atoms with van der Waals surface area (Å²) in [5.74, 6) is -0.777. The quantitative estimate of drug-likeness (QED) is 0.346. The van der Waals surface area contributed by atoms with Gasteiger partial charge in [-0.05, 0) is 35.9 Å². The smallest absolute Gasteiger partial charge is 0.343 e. The van der Waals surface area contributed by atoms with Crippen molar-refractivity contribution in [2.24, 2.45) is 5.10 Å². The molecule has 0 aliphatic carbocycles. The molecular formula is C20H19Cl2N3O5. The number of benzene rings is 2. The SMILES string of the molecule is COC(=O)COc1cccc(C=NNC(=O)CCNC(=O)c2ccc(Cl)c(Cl)c2)c1. The van der Waals surface area contributed by atoms with E-state index in [1.165, 1.54) is 31.5 Å². The molecule has 158 valence electrons. The summed E-state index contributed by atoms with van der Waals surface area (Å²) in [5, 5.41) is 7.09. The van der Waals surface area contributed by atoms with Crippen LogP contribution < -0.4 is 15.5 Å². The van der Waals surface area contributed by atoms with E-state index in [-0.39, 0.29) is 36.4 Å². The van der Waals surface area contributed by atoms with Crippen LogP contribution in [-0.2, 0) is 14.3 Å². The van der Waals surface area contributed by atoms with E-state index in [1.807, 2.05) is 0 Å². The Balaban J connectivity index is 1.75. The molecule has 0 saturated heterocycles. The number of nitrogens with one attached hydrogen (secondary N) is 2. The molecule has 0 aliphatic heterocycles. The van der Waals surface area contributed by atoms with Gasteiger partial charge in [0.2, 0.25) is 5.91 Å². The number of hydrazone groups is 1. The number of methoxy groups -OCH3 is 1. The highest BCUT2D eigenvalue weighted by molar-refractivity contribution is 6.42. The number of hydrogen-bond donors (Lipinski definition) is 2. The monoisotopic (exact) mass is 451 g/mol. The molecule has 2 aromatic rings. The zero-order valence-electron chi connectivity index (χ0n) is 16.0. The van der Waals surface area contributed by atoms with Gasteiger partial charge in [-0.15, -0.1) is 0 Å². The fourth-order valence-electron chi connectivity index (χ4n) is 2.15. The summed E-state index contributed by atoms with van der Waals surface area (Å²) in [4.78, 5) is 35.0. The summed E-state index contributed by atoms with van der Waals surface area (Å²) in [7, 11) is 1.27. The van der Waals surface area contributed by atoms with Gasteiger partial charge in [0.05, 0.1) is 23.4 Å². The molecule has 0 aliphatic rings. The predicted molar refractivity (Wildman–Crippen MR) is 113 cm³/mol. The number of rotatable bonds is 9. The molecule has 0 spiro atoms. The minimum Gasteiger partial charge on any atom is -0.482 e. The van der Waals surface area contributed by atoms with Crippen molar-refractivity contribution >= 4 is 47.2 Å². The zero-order chi connectivity index (χ0) is 21.9. The lowest BCUT2D eigenvalue weighted by molar-refractivity contribution is -0.142. The second-order valence-electron chi connectivity index (χ2n) is 5.87. The van der Waals surface area contributed by atoms with E-state index < -0.39 is 5.97 Å². The van der Waals surface area contributed by atoms with Gasteiger partial charge in [0, 0.05) is 18.5 Å². The van der Waals surface area contributed by atoms with Crippen LogP contribution in [0.1, 0.15) is 22.3 Å². The first kappa shape index (κ1) is 23.2. The molecule has 30 heavy (non-hydrogen) atoms. The number of carbonyl (C=O) groups is 3. The molecule has 10 heteroatoms. The van der Waals surface area contributed by atoms with Gasteiger partial charge in [-0.25, -0.2) is 10.2 Å². The van der Waals surface area contributed by atoms with Crippen molar-refractivity contribution in [1.82, 2.24) is 10.7 Å². The third kappa shape index (κ3) is 7.73. The van der Waals surface area contributed by atoms with Gasteiger partial charge in [-0.3, -0.25) is 9.59 Å². The molecule has 8 nitrogen and oxygen atoms in total. The lowest BCUT2D eigenvalue weighted by Crippen LogP contribution is -2.29. The van der Waals surface area contributed by atoms with Gasteiger partial charge >= 0.3 is 5.97 Å². The maximum Gasteiger partial charge on any atom is 0.343 e. The van der Waals surface area contributed by atoms with Gasteiger partial charge in [0.15, 0.2) is 6.61 Å². The molecule has 0 fully saturated rings. The van der Waals surface area contributed by atoms with Crippen LogP contribution >= 0.6 is 23.2 Å². The number of ether oxygens (including phenoxy) is 2. The lowest BCUT2D eigenvalue weighted by Gasteiger charge is -2.06. The van der Waals surface area contributed by atoms with E-state index in [2.05, 4.69) is 20.6 Å². The minimum atomic E-state index is -0.493. The second-order valence-corrected chi connectivity index (χ2v) is 6.68. The molecule has 0 atom stereocenters. The van der Waals surface area contributed by atoms with Gasteiger partial charge in [0.1, 0.15) is 5.75 Å². The first-order valence-corrected chi connectivity index (χ1v) is 9.49. The van der Waals surface area contributed by atoms with Crippen LogP contribution in [0.25, 0.3) is 0 Å². The Morgan fingerprint density at radius 2 is 1.90 bits per heavy atom. The largest absolute Gasteiger partial charge is 0.482 e. The Morgan fingerprint density at radius 1 is 1.10 bits per heavy atom. The zero-order valence-corrected chi connectivity index (χ0v) is 17.5. The highest BCUT2D eigenvalue weighted by Crippen LogP contribution is 2.22. The summed E-state index contributed by atoms with van der Waals surface area (Å²) in [6.07, 6.45) is 1.46. The molecule has 0 saturated carbocycles. The van der Waals surface area contributed by atoms with E-state index >= 15 is 0 Å². The van der Waals surface area contributed by atoms with Gasteiger partial charge in [0.25, 0.3) is 5.91 Å².